The number of amides is 2. The van der Waals surface area contributed by atoms with Crippen LogP contribution in [0, 0.1) is 0 Å². The lowest BCUT2D eigenvalue weighted by molar-refractivity contribution is -0.147. The second-order valence-corrected chi connectivity index (χ2v) is 7.91. The molecule has 0 unspecified atom stereocenters. The van der Waals surface area contributed by atoms with E-state index in [1.165, 1.54) is 0 Å². The molecule has 26 heavy (non-hydrogen) atoms. The van der Waals surface area contributed by atoms with Crippen LogP contribution in [-0.4, -0.2) is 66.0 Å². The second-order valence-electron chi connectivity index (χ2n) is 7.48. The average Bonchev–Trinajstić information content (AvgIpc) is 3.40. The normalized spacial score (nSPS) is 18.5. The molecule has 7 heteroatoms. The minimum Gasteiger partial charge on any atom is -0.478 e. The lowest BCUT2D eigenvalue weighted by Crippen LogP contribution is -2.56. The van der Waals surface area contributed by atoms with E-state index in [4.69, 9.17) is 16.3 Å². The molecule has 142 valence electrons. The standard InChI is InChI=1S/C19H26ClN3O3/c1-19(2,26-16-7-3-14(20)4-8-16)18(25)23-11-9-22(10-12-23)13-17(24)21-15-5-6-15/h3-4,7-8,15H,5-6,9-13H2,1-2H3,(H,21,24). The first-order valence-corrected chi connectivity index (χ1v) is 9.47. The van der Waals surface area contributed by atoms with Crippen LogP contribution in [0.3, 0.4) is 0 Å². The van der Waals surface area contributed by atoms with Crippen molar-refractivity contribution in [3.05, 3.63) is 29.3 Å². The Bertz CT molecular complexity index is 650. The van der Waals surface area contributed by atoms with Crippen LogP contribution in [0.2, 0.25) is 5.02 Å². The van der Waals surface area contributed by atoms with Gasteiger partial charge in [-0.2, -0.15) is 0 Å². The Morgan fingerprint density at radius 2 is 1.77 bits per heavy atom. The van der Waals surface area contributed by atoms with Crippen molar-refractivity contribution in [3.63, 3.8) is 0 Å². The Labute approximate surface area is 159 Å². The number of benzene rings is 1. The predicted molar refractivity (Wildman–Crippen MR) is 100 cm³/mol. The molecule has 0 bridgehead atoms. The van der Waals surface area contributed by atoms with Crippen molar-refractivity contribution >= 4 is 23.4 Å². The zero-order chi connectivity index (χ0) is 18.7. The molecule has 3 rings (SSSR count). The second kappa shape index (κ2) is 7.84. The fraction of sp³-hybridized carbons (Fsp3) is 0.579. The van der Waals surface area contributed by atoms with Gasteiger partial charge in [-0.3, -0.25) is 14.5 Å². The van der Waals surface area contributed by atoms with Gasteiger partial charge < -0.3 is 15.0 Å². The van der Waals surface area contributed by atoms with Crippen LogP contribution >= 0.6 is 11.6 Å². The fourth-order valence-electron chi connectivity index (χ4n) is 3.03. The van der Waals surface area contributed by atoms with Crippen LogP contribution in [-0.2, 0) is 9.59 Å². The molecule has 0 spiro atoms. The number of nitrogens with zero attached hydrogens (tertiary/aromatic N) is 2. The van der Waals surface area contributed by atoms with Crippen LogP contribution in [0.15, 0.2) is 24.3 Å². The summed E-state index contributed by atoms with van der Waals surface area (Å²) in [6.45, 7) is 6.55. The van der Waals surface area contributed by atoms with Gasteiger partial charge >= 0.3 is 0 Å². The van der Waals surface area contributed by atoms with E-state index in [1.807, 2.05) is 4.90 Å². The summed E-state index contributed by atoms with van der Waals surface area (Å²) < 4.78 is 5.89. The molecule has 1 aliphatic carbocycles. The van der Waals surface area contributed by atoms with E-state index in [2.05, 4.69) is 10.2 Å². The molecule has 1 saturated carbocycles. The van der Waals surface area contributed by atoms with Gasteiger partial charge in [-0.15, -0.1) is 0 Å². The fourth-order valence-corrected chi connectivity index (χ4v) is 3.16. The maximum absolute atomic E-state index is 12.9. The molecule has 2 aliphatic rings. The number of ether oxygens (including phenoxy) is 1. The first kappa shape index (κ1) is 19.0. The molecule has 1 aromatic rings. The third-order valence-corrected chi connectivity index (χ3v) is 4.92. The molecule has 0 aromatic heterocycles. The molecular formula is C19H26ClN3O3. The third kappa shape index (κ3) is 5.11. The minimum atomic E-state index is -0.959. The van der Waals surface area contributed by atoms with Gasteiger partial charge in [0.2, 0.25) is 5.91 Å². The van der Waals surface area contributed by atoms with E-state index in [-0.39, 0.29) is 11.8 Å². The van der Waals surface area contributed by atoms with E-state index >= 15 is 0 Å². The topological polar surface area (TPSA) is 61.9 Å². The average molecular weight is 380 g/mol. The van der Waals surface area contributed by atoms with Crippen molar-refractivity contribution in [3.8, 4) is 5.75 Å². The zero-order valence-corrected chi connectivity index (χ0v) is 16.1. The van der Waals surface area contributed by atoms with Crippen LogP contribution in [0.5, 0.6) is 5.75 Å². The van der Waals surface area contributed by atoms with Gasteiger partial charge in [-0.1, -0.05) is 11.6 Å². The maximum Gasteiger partial charge on any atom is 0.266 e. The molecule has 2 fully saturated rings. The molecule has 2 amide bonds. The highest BCUT2D eigenvalue weighted by molar-refractivity contribution is 6.30. The number of nitrogens with one attached hydrogen (secondary N) is 1. The van der Waals surface area contributed by atoms with Crippen LogP contribution < -0.4 is 10.1 Å². The number of carbonyl (C=O) groups excluding carboxylic acids is 2. The molecule has 6 nitrogen and oxygen atoms in total. The van der Waals surface area contributed by atoms with Gasteiger partial charge in [0.15, 0.2) is 5.60 Å². The monoisotopic (exact) mass is 379 g/mol. The summed E-state index contributed by atoms with van der Waals surface area (Å²) in [5, 5.41) is 3.63. The number of hydrogen-bond acceptors (Lipinski definition) is 4. The first-order valence-electron chi connectivity index (χ1n) is 9.09. The van der Waals surface area contributed by atoms with Gasteiger partial charge in [-0.25, -0.2) is 0 Å². The number of halogens is 1. The van der Waals surface area contributed by atoms with E-state index in [0.717, 1.165) is 12.8 Å². The lowest BCUT2D eigenvalue weighted by Gasteiger charge is -2.38. The molecule has 0 atom stereocenters. The summed E-state index contributed by atoms with van der Waals surface area (Å²) in [4.78, 5) is 28.7. The van der Waals surface area contributed by atoms with Gasteiger partial charge in [-0.05, 0) is 51.0 Å². The Morgan fingerprint density at radius 1 is 1.15 bits per heavy atom. The van der Waals surface area contributed by atoms with Gasteiger partial charge in [0.1, 0.15) is 5.75 Å². The van der Waals surface area contributed by atoms with Crippen LogP contribution in [0.4, 0.5) is 0 Å². The summed E-state index contributed by atoms with van der Waals surface area (Å²) >= 11 is 5.88. The van der Waals surface area contributed by atoms with Crippen molar-refractivity contribution in [2.45, 2.75) is 38.3 Å². The van der Waals surface area contributed by atoms with Crippen molar-refractivity contribution in [2.24, 2.45) is 0 Å². The highest BCUT2D eigenvalue weighted by Crippen LogP contribution is 2.23. The zero-order valence-electron chi connectivity index (χ0n) is 15.3. The Kier molecular flexibility index (Phi) is 5.73. The van der Waals surface area contributed by atoms with Gasteiger partial charge in [0.05, 0.1) is 6.54 Å². The molecule has 1 aromatic carbocycles. The van der Waals surface area contributed by atoms with Crippen molar-refractivity contribution < 1.29 is 14.3 Å². The lowest BCUT2D eigenvalue weighted by atomic mass is 10.1. The quantitative estimate of drug-likeness (QED) is 0.820. The van der Waals surface area contributed by atoms with Gasteiger partial charge in [0.25, 0.3) is 5.91 Å². The minimum absolute atomic E-state index is 0.0467. The third-order valence-electron chi connectivity index (χ3n) is 4.67. The SMILES string of the molecule is CC(C)(Oc1ccc(Cl)cc1)C(=O)N1CCN(CC(=O)NC2CC2)CC1. The first-order chi connectivity index (χ1) is 12.3. The predicted octanol–water partition coefficient (Wildman–Crippen LogP) is 1.92. The number of piperazine rings is 1. The van der Waals surface area contributed by atoms with E-state index < -0.39 is 5.60 Å². The van der Waals surface area contributed by atoms with E-state index in [0.29, 0.717) is 49.5 Å². The summed E-state index contributed by atoms with van der Waals surface area (Å²) in [5.74, 6) is 0.649. The number of rotatable bonds is 6. The summed E-state index contributed by atoms with van der Waals surface area (Å²) in [6.07, 6.45) is 2.19. The Hall–Kier alpha value is -1.79. The smallest absolute Gasteiger partial charge is 0.266 e. The molecular weight excluding hydrogens is 354 g/mol. The van der Waals surface area contributed by atoms with Crippen molar-refractivity contribution in [2.75, 3.05) is 32.7 Å². The van der Waals surface area contributed by atoms with E-state index in [9.17, 15) is 9.59 Å². The maximum atomic E-state index is 12.9. The highest BCUT2D eigenvalue weighted by atomic mass is 35.5. The Balaban J connectivity index is 1.48. The molecule has 1 aliphatic heterocycles. The van der Waals surface area contributed by atoms with Crippen LogP contribution in [0.1, 0.15) is 26.7 Å². The van der Waals surface area contributed by atoms with E-state index in [1.54, 1.807) is 38.1 Å². The molecule has 1 saturated heterocycles. The summed E-state index contributed by atoms with van der Waals surface area (Å²) in [6, 6.07) is 7.38. The molecule has 1 N–H and O–H groups in total. The van der Waals surface area contributed by atoms with Gasteiger partial charge in [0, 0.05) is 37.2 Å². The largest absolute Gasteiger partial charge is 0.478 e. The molecule has 0 radical (unpaired) electrons. The number of hydrogen-bond donors (Lipinski definition) is 1. The highest BCUT2D eigenvalue weighted by Gasteiger charge is 2.36. The summed E-state index contributed by atoms with van der Waals surface area (Å²) in [5.41, 5.74) is -0.959. The molecule has 1 heterocycles. The summed E-state index contributed by atoms with van der Waals surface area (Å²) in [7, 11) is 0. The van der Waals surface area contributed by atoms with Crippen molar-refractivity contribution in [1.29, 1.82) is 0 Å². The number of carbonyl (C=O) groups is 2. The van der Waals surface area contributed by atoms with Crippen molar-refractivity contribution in [1.82, 2.24) is 15.1 Å². The Morgan fingerprint density at radius 3 is 2.35 bits per heavy atom. The van der Waals surface area contributed by atoms with Crippen LogP contribution in [0.25, 0.3) is 0 Å².